The number of carbonyl (C=O) groups excluding carboxylic acids is 1. The molecule has 0 N–H and O–H groups in total. The molecular formula is C12H14N2O4. The number of ether oxygens (including phenoxy) is 1. The van der Waals surface area contributed by atoms with Gasteiger partial charge in [0.1, 0.15) is 5.69 Å². The molecule has 1 heterocycles. The van der Waals surface area contributed by atoms with Crippen LogP contribution in [0.3, 0.4) is 0 Å². The maximum Gasteiger partial charge on any atom is 0.355 e. The van der Waals surface area contributed by atoms with Crippen LogP contribution in [0.15, 0.2) is 12.3 Å². The summed E-state index contributed by atoms with van der Waals surface area (Å²) in [4.78, 5) is 21.8. The third-order valence-electron chi connectivity index (χ3n) is 2.30. The Morgan fingerprint density at radius 3 is 2.94 bits per heavy atom. The van der Waals surface area contributed by atoms with Crippen LogP contribution >= 0.6 is 0 Å². The number of hydrogen-bond acceptors (Lipinski definition) is 4. The highest BCUT2D eigenvalue weighted by atomic mass is 16.6. The lowest BCUT2D eigenvalue weighted by atomic mass is 10.3. The highest BCUT2D eigenvalue weighted by Crippen LogP contribution is 2.18. The Kier molecular flexibility index (Phi) is 4.93. The summed E-state index contributed by atoms with van der Waals surface area (Å²) in [6.07, 6.45) is 7.65. The second-order valence-corrected chi connectivity index (χ2v) is 3.56. The third kappa shape index (κ3) is 3.35. The van der Waals surface area contributed by atoms with Gasteiger partial charge < -0.3 is 9.30 Å². The molecule has 0 aliphatic carbocycles. The molecule has 0 fully saturated rings. The summed E-state index contributed by atoms with van der Waals surface area (Å²) >= 11 is 0. The third-order valence-corrected chi connectivity index (χ3v) is 2.30. The van der Waals surface area contributed by atoms with Gasteiger partial charge in [-0.15, -0.1) is 12.3 Å². The largest absolute Gasteiger partial charge is 0.461 e. The lowest BCUT2D eigenvalue weighted by Gasteiger charge is -2.06. The molecule has 0 saturated heterocycles. The van der Waals surface area contributed by atoms with Crippen LogP contribution in [0.5, 0.6) is 0 Å². The zero-order chi connectivity index (χ0) is 13.5. The van der Waals surface area contributed by atoms with Crippen molar-refractivity contribution in [3.05, 3.63) is 28.1 Å². The molecule has 1 aromatic heterocycles. The van der Waals surface area contributed by atoms with Crippen molar-refractivity contribution in [1.82, 2.24) is 4.57 Å². The van der Waals surface area contributed by atoms with E-state index >= 15 is 0 Å². The summed E-state index contributed by atoms with van der Waals surface area (Å²) in [5.74, 6) is 1.91. The van der Waals surface area contributed by atoms with Crippen LogP contribution in [0.4, 0.5) is 5.69 Å². The Balaban J connectivity index is 2.94. The maximum atomic E-state index is 11.6. The predicted octanol–water partition coefficient (Wildman–Crippen LogP) is 1.99. The normalized spacial score (nSPS) is 9.78. The van der Waals surface area contributed by atoms with Crippen molar-refractivity contribution >= 4 is 11.7 Å². The molecule has 0 aliphatic rings. The van der Waals surface area contributed by atoms with Crippen LogP contribution in [-0.4, -0.2) is 22.1 Å². The Labute approximate surface area is 105 Å². The van der Waals surface area contributed by atoms with E-state index in [4.69, 9.17) is 11.2 Å². The quantitative estimate of drug-likeness (QED) is 0.254. The fourth-order valence-corrected chi connectivity index (χ4v) is 1.51. The minimum Gasteiger partial charge on any atom is -0.461 e. The molecule has 0 atom stereocenters. The van der Waals surface area contributed by atoms with Crippen molar-refractivity contribution in [3.8, 4) is 12.3 Å². The summed E-state index contributed by atoms with van der Waals surface area (Å²) in [6, 6.07) is 1.22. The number of aromatic nitrogens is 1. The predicted molar refractivity (Wildman–Crippen MR) is 65.1 cm³/mol. The molecular weight excluding hydrogens is 236 g/mol. The Hall–Kier alpha value is -2.29. The van der Waals surface area contributed by atoms with Crippen molar-refractivity contribution in [2.24, 2.45) is 0 Å². The molecule has 96 valence electrons. The topological polar surface area (TPSA) is 74.4 Å². The number of rotatable bonds is 6. The summed E-state index contributed by atoms with van der Waals surface area (Å²) in [5.41, 5.74) is 0.0549. The standard InChI is InChI=1S/C12H14N2O4/c1-3-5-6-7-13-9-10(14(16)17)8-11(13)12(15)18-4-2/h1,8-9H,4-7H2,2H3. The monoisotopic (exact) mass is 250 g/mol. The van der Waals surface area contributed by atoms with Gasteiger partial charge in [-0.3, -0.25) is 10.1 Å². The van der Waals surface area contributed by atoms with Gasteiger partial charge in [-0.2, -0.15) is 0 Å². The molecule has 0 unspecified atom stereocenters. The van der Waals surface area contributed by atoms with Gasteiger partial charge in [0.2, 0.25) is 0 Å². The van der Waals surface area contributed by atoms with Crippen molar-refractivity contribution in [1.29, 1.82) is 0 Å². The first-order valence-corrected chi connectivity index (χ1v) is 5.55. The molecule has 0 saturated carbocycles. The van der Waals surface area contributed by atoms with E-state index in [2.05, 4.69) is 5.92 Å². The van der Waals surface area contributed by atoms with Gasteiger partial charge in [-0.05, 0) is 13.3 Å². The summed E-state index contributed by atoms with van der Waals surface area (Å²) in [7, 11) is 0. The van der Waals surface area contributed by atoms with Gasteiger partial charge in [-0.1, -0.05) is 0 Å². The lowest BCUT2D eigenvalue weighted by molar-refractivity contribution is -0.384. The van der Waals surface area contributed by atoms with E-state index < -0.39 is 10.9 Å². The van der Waals surface area contributed by atoms with E-state index in [9.17, 15) is 14.9 Å². The average molecular weight is 250 g/mol. The average Bonchev–Trinajstić information content (AvgIpc) is 2.74. The van der Waals surface area contributed by atoms with Gasteiger partial charge in [0.05, 0.1) is 17.7 Å². The number of unbranched alkanes of at least 4 members (excludes halogenated alkanes) is 1. The highest BCUT2D eigenvalue weighted by molar-refractivity contribution is 5.88. The zero-order valence-electron chi connectivity index (χ0n) is 10.1. The molecule has 0 aromatic carbocycles. The number of aryl methyl sites for hydroxylation is 1. The zero-order valence-corrected chi connectivity index (χ0v) is 10.1. The number of nitrogens with zero attached hydrogens (tertiary/aromatic N) is 2. The van der Waals surface area contributed by atoms with Gasteiger partial charge in [0.15, 0.2) is 0 Å². The molecule has 0 radical (unpaired) electrons. The molecule has 0 aliphatic heterocycles. The molecule has 1 aromatic rings. The van der Waals surface area contributed by atoms with E-state index in [0.29, 0.717) is 19.4 Å². The van der Waals surface area contributed by atoms with E-state index in [1.54, 1.807) is 6.92 Å². The van der Waals surface area contributed by atoms with Gasteiger partial charge in [-0.25, -0.2) is 4.79 Å². The fraction of sp³-hybridized carbons (Fsp3) is 0.417. The van der Waals surface area contributed by atoms with E-state index in [1.165, 1.54) is 16.8 Å². The van der Waals surface area contributed by atoms with Crippen LogP contribution < -0.4 is 0 Å². The second-order valence-electron chi connectivity index (χ2n) is 3.56. The Bertz CT molecular complexity index is 485. The molecule has 0 spiro atoms. The van der Waals surface area contributed by atoms with Crippen LogP contribution in [-0.2, 0) is 11.3 Å². The summed E-state index contributed by atoms with van der Waals surface area (Å²) < 4.78 is 6.35. The second kappa shape index (κ2) is 6.45. The first-order chi connectivity index (χ1) is 8.60. The van der Waals surface area contributed by atoms with Crippen LogP contribution in [0.1, 0.15) is 30.3 Å². The SMILES string of the molecule is C#CCCCn1cc([N+](=O)[O-])cc1C(=O)OCC. The minimum atomic E-state index is -0.564. The Morgan fingerprint density at radius 2 is 2.39 bits per heavy atom. The van der Waals surface area contributed by atoms with Gasteiger partial charge in [0.25, 0.3) is 5.69 Å². The van der Waals surface area contributed by atoms with Gasteiger partial charge in [0, 0.05) is 19.0 Å². The highest BCUT2D eigenvalue weighted by Gasteiger charge is 2.19. The van der Waals surface area contributed by atoms with Crippen LogP contribution in [0.2, 0.25) is 0 Å². The number of hydrogen-bond donors (Lipinski definition) is 0. The molecule has 18 heavy (non-hydrogen) atoms. The van der Waals surface area contributed by atoms with Crippen molar-refractivity contribution in [2.75, 3.05) is 6.61 Å². The number of terminal acetylenes is 1. The summed E-state index contributed by atoms with van der Waals surface area (Å²) in [6.45, 7) is 2.35. The van der Waals surface area contributed by atoms with Crippen LogP contribution in [0.25, 0.3) is 0 Å². The lowest BCUT2D eigenvalue weighted by Crippen LogP contribution is -2.11. The smallest absolute Gasteiger partial charge is 0.355 e. The first kappa shape index (κ1) is 13.8. The summed E-state index contributed by atoms with van der Waals surface area (Å²) in [5, 5.41) is 10.7. The molecule has 6 nitrogen and oxygen atoms in total. The number of esters is 1. The van der Waals surface area contributed by atoms with Gasteiger partial charge >= 0.3 is 5.97 Å². The number of nitro groups is 1. The van der Waals surface area contributed by atoms with Crippen molar-refractivity contribution in [2.45, 2.75) is 26.3 Å². The van der Waals surface area contributed by atoms with Crippen molar-refractivity contribution < 1.29 is 14.5 Å². The number of carbonyl (C=O) groups is 1. The molecule has 0 bridgehead atoms. The molecule has 0 amide bonds. The van der Waals surface area contributed by atoms with Crippen LogP contribution in [0, 0.1) is 22.5 Å². The van der Waals surface area contributed by atoms with E-state index in [-0.39, 0.29) is 18.0 Å². The van der Waals surface area contributed by atoms with Crippen molar-refractivity contribution in [3.63, 3.8) is 0 Å². The molecule has 6 heteroatoms. The van der Waals surface area contributed by atoms with E-state index in [0.717, 1.165) is 0 Å². The minimum absolute atomic E-state index is 0.126. The van der Waals surface area contributed by atoms with E-state index in [1.807, 2.05) is 0 Å². The first-order valence-electron chi connectivity index (χ1n) is 5.55. The maximum absolute atomic E-state index is 11.6. The Morgan fingerprint density at radius 1 is 1.67 bits per heavy atom. The molecule has 1 rings (SSSR count). The fourth-order valence-electron chi connectivity index (χ4n) is 1.51.